The summed E-state index contributed by atoms with van der Waals surface area (Å²) in [5.74, 6) is 0.568. The van der Waals surface area contributed by atoms with Gasteiger partial charge in [-0.05, 0) is 40.7 Å². The summed E-state index contributed by atoms with van der Waals surface area (Å²) in [6.07, 6.45) is 4.14. The third kappa shape index (κ3) is 4.35. The Morgan fingerprint density at radius 3 is 2.21 bits per heavy atom. The van der Waals surface area contributed by atoms with Gasteiger partial charge in [0.2, 0.25) is 0 Å². The highest BCUT2D eigenvalue weighted by atomic mass is 16.5. The van der Waals surface area contributed by atoms with Crippen LogP contribution in [-0.2, 0) is 28.6 Å². The Morgan fingerprint density at radius 1 is 0.971 bits per heavy atom. The van der Waals surface area contributed by atoms with Crippen molar-refractivity contribution in [1.29, 1.82) is 0 Å². The summed E-state index contributed by atoms with van der Waals surface area (Å²) in [7, 11) is 1.78. The number of carbonyl (C=O) groups is 2. The molecule has 1 aliphatic rings. The minimum atomic E-state index is -0.533. The molecule has 1 amide bonds. The van der Waals surface area contributed by atoms with Crippen molar-refractivity contribution in [1.82, 2.24) is 9.78 Å². The van der Waals surface area contributed by atoms with Crippen LogP contribution in [0.3, 0.4) is 0 Å². The Hall–Kier alpha value is -4.19. The van der Waals surface area contributed by atoms with E-state index in [1.165, 1.54) is 0 Å². The average Bonchev–Trinajstić information content (AvgIpc) is 3.61. The summed E-state index contributed by atoms with van der Waals surface area (Å²) < 4.78 is 6.97. The number of amides is 1. The van der Waals surface area contributed by atoms with E-state index in [2.05, 4.69) is 34.7 Å². The topological polar surface area (TPSA) is 73.2 Å². The van der Waals surface area contributed by atoms with E-state index in [0.29, 0.717) is 5.82 Å². The fraction of sp³-hybridized carbons (Fsp3) is 0.179. The third-order valence-corrected chi connectivity index (χ3v) is 6.38. The number of aryl methyl sites for hydroxylation is 1. The van der Waals surface area contributed by atoms with Gasteiger partial charge >= 0.3 is 6.09 Å². The molecule has 0 atom stereocenters. The van der Waals surface area contributed by atoms with Gasteiger partial charge < -0.3 is 9.53 Å². The lowest BCUT2D eigenvalue weighted by atomic mass is 9.94. The number of benzene rings is 3. The minimum absolute atomic E-state index is 0.196. The predicted molar refractivity (Wildman–Crippen MR) is 131 cm³/mol. The molecular weight excluding hydrogens is 426 g/mol. The maximum Gasteiger partial charge on any atom is 0.413 e. The van der Waals surface area contributed by atoms with Crippen molar-refractivity contribution in [2.45, 2.75) is 24.9 Å². The zero-order valence-corrected chi connectivity index (χ0v) is 18.9. The highest BCUT2D eigenvalue weighted by Gasteiger charge is 2.44. The molecule has 34 heavy (non-hydrogen) atoms. The van der Waals surface area contributed by atoms with Crippen LogP contribution in [-0.4, -0.2) is 22.2 Å². The van der Waals surface area contributed by atoms with Crippen molar-refractivity contribution in [3.63, 3.8) is 0 Å². The van der Waals surface area contributed by atoms with Crippen LogP contribution in [0.15, 0.2) is 85.1 Å². The molecule has 0 saturated heterocycles. The number of hydrogen-bond donors (Lipinski definition) is 1. The van der Waals surface area contributed by atoms with Gasteiger partial charge in [0.15, 0.2) is 0 Å². The molecule has 0 aliphatic heterocycles. The number of ether oxygens (including phenoxy) is 1. The van der Waals surface area contributed by atoms with E-state index in [0.717, 1.165) is 52.5 Å². The Kier molecular flexibility index (Phi) is 5.72. The normalized spacial score (nSPS) is 13.8. The summed E-state index contributed by atoms with van der Waals surface area (Å²) in [5, 5.41) is 7.13. The lowest BCUT2D eigenvalue weighted by Gasteiger charge is -2.11. The molecule has 1 aliphatic carbocycles. The van der Waals surface area contributed by atoms with E-state index in [1.54, 1.807) is 17.9 Å². The minimum Gasteiger partial charge on any atom is -0.444 e. The molecular formula is C28H25N3O3. The number of hydrogen-bond acceptors (Lipinski definition) is 4. The van der Waals surface area contributed by atoms with Crippen molar-refractivity contribution in [3.8, 4) is 22.3 Å². The van der Waals surface area contributed by atoms with E-state index in [9.17, 15) is 9.59 Å². The molecule has 3 aromatic carbocycles. The van der Waals surface area contributed by atoms with Gasteiger partial charge in [-0.2, -0.15) is 5.10 Å². The molecule has 0 radical (unpaired) electrons. The monoisotopic (exact) mass is 451 g/mol. The zero-order valence-electron chi connectivity index (χ0n) is 18.9. The molecule has 1 fully saturated rings. The number of anilines is 1. The third-order valence-electron chi connectivity index (χ3n) is 6.38. The Bertz CT molecular complexity index is 1310. The molecule has 5 rings (SSSR count). The molecule has 6 heteroatoms. The number of aldehydes is 1. The zero-order chi connectivity index (χ0) is 23.5. The molecule has 6 nitrogen and oxygen atoms in total. The van der Waals surface area contributed by atoms with Crippen LogP contribution in [0.4, 0.5) is 10.6 Å². The lowest BCUT2D eigenvalue weighted by molar-refractivity contribution is -0.109. The van der Waals surface area contributed by atoms with Crippen molar-refractivity contribution >= 4 is 18.2 Å². The van der Waals surface area contributed by atoms with E-state index in [1.807, 2.05) is 54.6 Å². The second-order valence-corrected chi connectivity index (χ2v) is 8.65. The fourth-order valence-corrected chi connectivity index (χ4v) is 4.10. The van der Waals surface area contributed by atoms with Crippen LogP contribution >= 0.6 is 0 Å². The number of rotatable bonds is 7. The van der Waals surface area contributed by atoms with Crippen molar-refractivity contribution < 1.29 is 14.3 Å². The molecule has 170 valence electrons. The fourth-order valence-electron chi connectivity index (χ4n) is 4.10. The first-order valence-electron chi connectivity index (χ1n) is 11.3. The summed E-state index contributed by atoms with van der Waals surface area (Å²) in [5.41, 5.74) is 5.66. The number of nitrogens with zero attached hydrogens (tertiary/aromatic N) is 2. The standard InChI is InChI=1S/C28H25N3O3/c1-31-26(30-27(33)34-18-20-5-3-2-4-6-20)25(17-29-31)23-9-7-21(8-10-23)22-11-13-24(14-12-22)28(19-32)15-16-28/h2-14,17,19H,15-16,18H2,1H3,(H,30,33). The molecule has 0 spiro atoms. The van der Waals surface area contributed by atoms with E-state index < -0.39 is 6.09 Å². The van der Waals surface area contributed by atoms with E-state index in [-0.39, 0.29) is 12.0 Å². The first kappa shape index (κ1) is 21.6. The van der Waals surface area contributed by atoms with Gasteiger partial charge in [-0.15, -0.1) is 0 Å². The maximum absolute atomic E-state index is 12.4. The Balaban J connectivity index is 1.29. The second-order valence-electron chi connectivity index (χ2n) is 8.65. The molecule has 4 aromatic rings. The molecule has 1 saturated carbocycles. The highest BCUT2D eigenvalue weighted by Crippen LogP contribution is 2.46. The largest absolute Gasteiger partial charge is 0.444 e. The van der Waals surface area contributed by atoms with Crippen LogP contribution < -0.4 is 5.32 Å². The smallest absolute Gasteiger partial charge is 0.413 e. The van der Waals surface area contributed by atoms with Crippen molar-refractivity contribution in [3.05, 3.63) is 96.2 Å². The second kappa shape index (κ2) is 8.98. The first-order valence-corrected chi connectivity index (χ1v) is 11.3. The summed E-state index contributed by atoms with van der Waals surface area (Å²) >= 11 is 0. The average molecular weight is 452 g/mol. The highest BCUT2D eigenvalue weighted by molar-refractivity contribution is 5.90. The predicted octanol–water partition coefficient (Wildman–Crippen LogP) is 5.73. The van der Waals surface area contributed by atoms with Gasteiger partial charge in [0.1, 0.15) is 18.7 Å². The van der Waals surface area contributed by atoms with Gasteiger partial charge in [0, 0.05) is 12.6 Å². The number of nitrogens with one attached hydrogen (secondary N) is 1. The number of aromatic nitrogens is 2. The van der Waals surface area contributed by atoms with Crippen molar-refractivity contribution in [2.75, 3.05) is 5.32 Å². The molecule has 1 N–H and O–H groups in total. The van der Waals surface area contributed by atoms with Crippen molar-refractivity contribution in [2.24, 2.45) is 7.05 Å². The van der Waals surface area contributed by atoms with Gasteiger partial charge in [-0.3, -0.25) is 10.00 Å². The number of carbonyl (C=O) groups excluding carboxylic acids is 2. The Morgan fingerprint density at radius 2 is 1.59 bits per heavy atom. The SMILES string of the molecule is Cn1ncc(-c2ccc(-c3ccc(C4(C=O)CC4)cc3)cc2)c1NC(=O)OCc1ccccc1. The van der Waals surface area contributed by atoms with Gasteiger partial charge in [-0.1, -0.05) is 78.9 Å². The van der Waals surface area contributed by atoms with Crippen LogP contribution in [0.2, 0.25) is 0 Å². The van der Waals surface area contributed by atoms with E-state index in [4.69, 9.17) is 4.74 Å². The first-order chi connectivity index (χ1) is 16.6. The molecule has 0 bridgehead atoms. The van der Waals surface area contributed by atoms with Crippen LogP contribution in [0, 0.1) is 0 Å². The van der Waals surface area contributed by atoms with Crippen LogP contribution in [0.1, 0.15) is 24.0 Å². The van der Waals surface area contributed by atoms with Gasteiger partial charge in [0.05, 0.1) is 11.6 Å². The maximum atomic E-state index is 12.4. The lowest BCUT2D eigenvalue weighted by Crippen LogP contribution is -2.16. The van der Waals surface area contributed by atoms with Gasteiger partial charge in [-0.25, -0.2) is 4.79 Å². The van der Waals surface area contributed by atoms with Crippen LogP contribution in [0.25, 0.3) is 22.3 Å². The summed E-state index contributed by atoms with van der Waals surface area (Å²) in [4.78, 5) is 23.8. The summed E-state index contributed by atoms with van der Waals surface area (Å²) in [6, 6.07) is 25.9. The molecule has 1 aromatic heterocycles. The van der Waals surface area contributed by atoms with E-state index >= 15 is 0 Å². The quantitative estimate of drug-likeness (QED) is 0.364. The Labute approximate surface area is 198 Å². The van der Waals surface area contributed by atoms with Crippen LogP contribution in [0.5, 0.6) is 0 Å². The molecule has 1 heterocycles. The van der Waals surface area contributed by atoms with Gasteiger partial charge in [0.25, 0.3) is 0 Å². The summed E-state index contributed by atoms with van der Waals surface area (Å²) in [6.45, 7) is 0.196. The molecule has 0 unspecified atom stereocenters.